The number of rotatable bonds is 3. The number of nitrogens with one attached hydrogen (secondary N) is 1. The molecule has 2 heterocycles. The van der Waals surface area contributed by atoms with E-state index >= 15 is 0 Å². The Morgan fingerprint density at radius 2 is 1.76 bits per heavy atom. The maximum absolute atomic E-state index is 6.02. The van der Waals surface area contributed by atoms with E-state index in [-0.39, 0.29) is 0 Å². The normalized spacial score (nSPS) is 20.7. The number of aromatic nitrogens is 3. The highest BCUT2D eigenvalue weighted by Gasteiger charge is 2.23. The van der Waals surface area contributed by atoms with Crippen LogP contribution in [0.4, 0.5) is 22.9 Å². The van der Waals surface area contributed by atoms with Gasteiger partial charge in [0, 0.05) is 29.4 Å². The van der Waals surface area contributed by atoms with Crippen molar-refractivity contribution in [1.29, 1.82) is 0 Å². The summed E-state index contributed by atoms with van der Waals surface area (Å²) < 4.78 is 1.76. The molecule has 1 fully saturated rings. The van der Waals surface area contributed by atoms with E-state index in [9.17, 15) is 0 Å². The molecule has 1 saturated carbocycles. The lowest BCUT2D eigenvalue weighted by atomic mass is 9.85. The molecular formula is C18H23N7. The molecule has 4 rings (SSSR count). The van der Waals surface area contributed by atoms with Gasteiger partial charge in [-0.05, 0) is 49.9 Å². The maximum atomic E-state index is 6.02. The SMILES string of the molecule is Nc1ccc(Nc2cc(N)nn3cc(C4CCC(N)CC4)nc23)cc1. The van der Waals surface area contributed by atoms with Crippen LogP contribution in [0, 0.1) is 0 Å². The van der Waals surface area contributed by atoms with E-state index in [1.54, 1.807) is 10.6 Å². The Hall–Kier alpha value is -2.80. The van der Waals surface area contributed by atoms with Gasteiger partial charge in [0.25, 0.3) is 0 Å². The summed E-state index contributed by atoms with van der Waals surface area (Å²) in [6.45, 7) is 0. The van der Waals surface area contributed by atoms with E-state index < -0.39 is 0 Å². The third-order valence-corrected chi connectivity index (χ3v) is 4.84. The molecule has 1 aromatic carbocycles. The van der Waals surface area contributed by atoms with E-state index in [4.69, 9.17) is 22.2 Å². The number of benzene rings is 1. The van der Waals surface area contributed by atoms with Gasteiger partial charge in [0.2, 0.25) is 0 Å². The van der Waals surface area contributed by atoms with E-state index in [2.05, 4.69) is 10.4 Å². The third kappa shape index (κ3) is 3.23. The molecule has 130 valence electrons. The molecule has 7 N–H and O–H groups in total. The lowest BCUT2D eigenvalue weighted by molar-refractivity contribution is 0.391. The van der Waals surface area contributed by atoms with Crippen LogP contribution < -0.4 is 22.5 Å². The summed E-state index contributed by atoms with van der Waals surface area (Å²) in [5, 5.41) is 7.73. The van der Waals surface area contributed by atoms with E-state index in [0.717, 1.165) is 54.1 Å². The number of anilines is 4. The van der Waals surface area contributed by atoms with Crippen LogP contribution in [0.25, 0.3) is 5.65 Å². The van der Waals surface area contributed by atoms with Gasteiger partial charge in [-0.2, -0.15) is 0 Å². The number of nitrogens with zero attached hydrogens (tertiary/aromatic N) is 3. The van der Waals surface area contributed by atoms with Crippen LogP contribution in [0.15, 0.2) is 36.5 Å². The summed E-state index contributed by atoms with van der Waals surface area (Å²) in [5.74, 6) is 0.882. The second-order valence-electron chi connectivity index (χ2n) is 6.78. The Labute approximate surface area is 146 Å². The molecule has 7 nitrogen and oxygen atoms in total. The number of nitrogen functional groups attached to an aromatic ring is 2. The smallest absolute Gasteiger partial charge is 0.177 e. The van der Waals surface area contributed by atoms with Crippen LogP contribution in [0.5, 0.6) is 0 Å². The van der Waals surface area contributed by atoms with Gasteiger partial charge in [0.1, 0.15) is 5.82 Å². The number of hydrogen-bond acceptors (Lipinski definition) is 6. The summed E-state index contributed by atoms with van der Waals surface area (Å²) in [7, 11) is 0. The monoisotopic (exact) mass is 337 g/mol. The molecule has 0 amide bonds. The first-order valence-corrected chi connectivity index (χ1v) is 8.62. The van der Waals surface area contributed by atoms with Crippen LogP contribution in [0.2, 0.25) is 0 Å². The molecule has 25 heavy (non-hydrogen) atoms. The maximum Gasteiger partial charge on any atom is 0.177 e. The second-order valence-corrected chi connectivity index (χ2v) is 6.78. The fraction of sp³-hybridized carbons (Fsp3) is 0.333. The standard InChI is InChI=1S/C18H23N7/c19-12-3-1-11(2-4-12)16-10-25-18(23-16)15(9-17(21)24-25)22-14-7-5-13(20)6-8-14/h5-12,22H,1-4,19-20H2,(H2,21,24). The lowest BCUT2D eigenvalue weighted by Crippen LogP contribution is -2.25. The summed E-state index contributed by atoms with van der Waals surface area (Å²) >= 11 is 0. The van der Waals surface area contributed by atoms with Crippen molar-refractivity contribution in [3.05, 3.63) is 42.2 Å². The Balaban J connectivity index is 1.68. The van der Waals surface area contributed by atoms with Crippen LogP contribution >= 0.6 is 0 Å². The Morgan fingerprint density at radius 1 is 1.04 bits per heavy atom. The molecule has 1 aliphatic rings. The zero-order chi connectivity index (χ0) is 17.4. The van der Waals surface area contributed by atoms with Crippen molar-refractivity contribution in [2.24, 2.45) is 5.73 Å². The van der Waals surface area contributed by atoms with Crippen molar-refractivity contribution in [2.75, 3.05) is 16.8 Å². The molecule has 2 aromatic heterocycles. The van der Waals surface area contributed by atoms with Gasteiger partial charge in [0.15, 0.2) is 5.65 Å². The molecule has 0 atom stereocenters. The van der Waals surface area contributed by atoms with Gasteiger partial charge >= 0.3 is 0 Å². The molecule has 0 saturated heterocycles. The quantitative estimate of drug-likeness (QED) is 0.545. The fourth-order valence-electron chi connectivity index (χ4n) is 3.44. The number of hydrogen-bond donors (Lipinski definition) is 4. The lowest BCUT2D eigenvalue weighted by Gasteiger charge is -2.24. The van der Waals surface area contributed by atoms with Crippen molar-refractivity contribution in [1.82, 2.24) is 14.6 Å². The van der Waals surface area contributed by atoms with Gasteiger partial charge in [-0.25, -0.2) is 9.50 Å². The molecule has 0 aliphatic heterocycles. The van der Waals surface area contributed by atoms with E-state index in [1.165, 1.54) is 0 Å². The van der Waals surface area contributed by atoms with Crippen molar-refractivity contribution in [2.45, 2.75) is 37.6 Å². The molecule has 3 aromatic rings. The Bertz CT molecular complexity index is 876. The molecule has 7 heteroatoms. The first-order valence-electron chi connectivity index (χ1n) is 8.62. The fourth-order valence-corrected chi connectivity index (χ4v) is 3.44. The number of fused-ring (bicyclic) bond motifs is 1. The highest BCUT2D eigenvalue weighted by atomic mass is 15.3. The van der Waals surface area contributed by atoms with Crippen LogP contribution in [-0.4, -0.2) is 20.6 Å². The van der Waals surface area contributed by atoms with E-state index in [0.29, 0.717) is 17.8 Å². The molecular weight excluding hydrogens is 314 g/mol. The van der Waals surface area contributed by atoms with Gasteiger partial charge in [0.05, 0.1) is 17.6 Å². The van der Waals surface area contributed by atoms with Crippen molar-refractivity contribution < 1.29 is 0 Å². The molecule has 0 bridgehead atoms. The molecule has 0 spiro atoms. The minimum absolute atomic E-state index is 0.324. The summed E-state index contributed by atoms with van der Waals surface area (Å²) in [6.07, 6.45) is 6.22. The number of imidazole rings is 1. The summed E-state index contributed by atoms with van der Waals surface area (Å²) in [6, 6.07) is 9.69. The average molecular weight is 337 g/mol. The van der Waals surface area contributed by atoms with Gasteiger partial charge in [-0.15, -0.1) is 5.10 Å². The first-order chi connectivity index (χ1) is 12.1. The van der Waals surface area contributed by atoms with Crippen LogP contribution in [0.1, 0.15) is 37.3 Å². The van der Waals surface area contributed by atoms with E-state index in [1.807, 2.05) is 30.5 Å². The second kappa shape index (κ2) is 6.25. The van der Waals surface area contributed by atoms with Gasteiger partial charge in [-0.1, -0.05) is 0 Å². The summed E-state index contributed by atoms with van der Waals surface area (Å²) in [5.41, 5.74) is 22.1. The van der Waals surface area contributed by atoms with Crippen LogP contribution in [-0.2, 0) is 0 Å². The van der Waals surface area contributed by atoms with Crippen molar-refractivity contribution in [3.63, 3.8) is 0 Å². The zero-order valence-electron chi connectivity index (χ0n) is 14.0. The zero-order valence-corrected chi connectivity index (χ0v) is 14.0. The average Bonchev–Trinajstić information content (AvgIpc) is 3.01. The third-order valence-electron chi connectivity index (χ3n) is 4.84. The topological polar surface area (TPSA) is 120 Å². The van der Waals surface area contributed by atoms with Gasteiger partial charge in [-0.3, -0.25) is 0 Å². The highest BCUT2D eigenvalue weighted by Crippen LogP contribution is 2.33. The summed E-state index contributed by atoms with van der Waals surface area (Å²) in [4.78, 5) is 4.83. The van der Waals surface area contributed by atoms with Crippen LogP contribution in [0.3, 0.4) is 0 Å². The Kier molecular flexibility index (Phi) is 3.93. The highest BCUT2D eigenvalue weighted by molar-refractivity contribution is 5.76. The largest absolute Gasteiger partial charge is 0.399 e. The molecule has 0 unspecified atom stereocenters. The Morgan fingerprint density at radius 3 is 2.48 bits per heavy atom. The predicted molar refractivity (Wildman–Crippen MR) is 101 cm³/mol. The van der Waals surface area contributed by atoms with Crippen molar-refractivity contribution >= 4 is 28.5 Å². The molecule has 1 aliphatic carbocycles. The predicted octanol–water partition coefficient (Wildman–Crippen LogP) is 2.62. The van der Waals surface area contributed by atoms with Crippen molar-refractivity contribution in [3.8, 4) is 0 Å². The minimum atomic E-state index is 0.324. The minimum Gasteiger partial charge on any atom is -0.399 e. The number of nitrogens with two attached hydrogens (primary N) is 3. The molecule has 0 radical (unpaired) electrons. The first kappa shape index (κ1) is 15.7. The van der Waals surface area contributed by atoms with Gasteiger partial charge < -0.3 is 22.5 Å².